The fourth-order valence-corrected chi connectivity index (χ4v) is 3.44. The number of primary sulfonamides is 1. The van der Waals surface area contributed by atoms with E-state index in [4.69, 9.17) is 24.8 Å². The Morgan fingerprint density at radius 2 is 1.84 bits per heavy atom. The van der Waals surface area contributed by atoms with Crippen LogP contribution in [-0.4, -0.2) is 36.9 Å². The number of nitrogen functional groups attached to an aromatic ring is 1. The Hall–Kier alpha value is -3.51. The van der Waals surface area contributed by atoms with Gasteiger partial charge in [-0.2, -0.15) is 4.98 Å². The molecular weight excluding hydrogens is 428 g/mol. The maximum atomic E-state index is 12.5. The minimum atomic E-state index is -3.98. The Morgan fingerprint density at radius 3 is 2.48 bits per heavy atom. The Labute approximate surface area is 177 Å². The Morgan fingerprint density at radius 1 is 1.13 bits per heavy atom. The number of aryl methyl sites for hydroxylation is 2. The molecule has 164 valence electrons. The van der Waals surface area contributed by atoms with E-state index in [9.17, 15) is 18.0 Å². The molecule has 0 saturated heterocycles. The fourth-order valence-electron chi connectivity index (χ4n) is 2.90. The lowest BCUT2D eigenvalue weighted by atomic mass is 10.1. The van der Waals surface area contributed by atoms with Crippen molar-refractivity contribution >= 4 is 38.9 Å². The first-order chi connectivity index (χ1) is 14.5. The zero-order valence-electron chi connectivity index (χ0n) is 17.0. The van der Waals surface area contributed by atoms with Crippen LogP contribution >= 0.6 is 0 Å². The molecule has 0 atom stereocenters. The molecule has 1 aromatic carbocycles. The number of anilines is 1. The first-order valence-electron chi connectivity index (χ1n) is 9.06. The van der Waals surface area contributed by atoms with Crippen LogP contribution in [0.4, 0.5) is 5.82 Å². The predicted molar refractivity (Wildman–Crippen MR) is 109 cm³/mol. The fraction of sp³-hybridized carbons (Fsp3) is 0.263. The molecule has 0 unspecified atom stereocenters. The Bertz CT molecular complexity index is 1300. The largest absolute Gasteiger partial charge is 0.462 e. The van der Waals surface area contributed by atoms with Gasteiger partial charge < -0.3 is 19.6 Å². The van der Waals surface area contributed by atoms with E-state index in [1.807, 2.05) is 0 Å². The predicted octanol–water partition coefficient (Wildman–Crippen LogP) is 1.60. The Balaban J connectivity index is 1.87. The van der Waals surface area contributed by atoms with Crippen LogP contribution < -0.4 is 10.9 Å². The van der Waals surface area contributed by atoms with E-state index in [0.717, 1.165) is 6.07 Å². The lowest BCUT2D eigenvalue weighted by Crippen LogP contribution is -2.15. The van der Waals surface area contributed by atoms with Crippen LogP contribution in [-0.2, 0) is 26.1 Å². The van der Waals surface area contributed by atoms with Crippen LogP contribution in [0.2, 0.25) is 0 Å². The lowest BCUT2D eigenvalue weighted by molar-refractivity contribution is 0.0460. The van der Waals surface area contributed by atoms with Crippen molar-refractivity contribution in [3.8, 4) is 0 Å². The highest BCUT2D eigenvalue weighted by molar-refractivity contribution is 7.89. The number of aromatic nitrogens is 2. The van der Waals surface area contributed by atoms with Gasteiger partial charge in [-0.1, -0.05) is 6.07 Å². The summed E-state index contributed by atoms with van der Waals surface area (Å²) in [6.07, 6.45) is 0. The van der Waals surface area contributed by atoms with Crippen LogP contribution in [0.1, 0.15) is 44.8 Å². The van der Waals surface area contributed by atoms with E-state index in [-0.39, 0.29) is 57.7 Å². The standard InChI is InChI=1S/C19H20N4O7S/c1-4-28-19(25)14-10(3)30-17-15(14)16(20)22-13(23-17)8-29-18(24)12-7-11(31(21,26)27)6-5-9(12)2/h5-7H,4,8H2,1-3H3,(H2,20,22,23)(H2,21,26,27). The third kappa shape index (κ3) is 4.49. The zero-order valence-corrected chi connectivity index (χ0v) is 17.8. The van der Waals surface area contributed by atoms with E-state index >= 15 is 0 Å². The molecule has 0 bridgehead atoms. The van der Waals surface area contributed by atoms with Crippen molar-refractivity contribution in [1.82, 2.24) is 9.97 Å². The molecule has 4 N–H and O–H groups in total. The van der Waals surface area contributed by atoms with Gasteiger partial charge in [0, 0.05) is 0 Å². The molecule has 12 heteroatoms. The van der Waals surface area contributed by atoms with E-state index in [0.29, 0.717) is 5.56 Å². The van der Waals surface area contributed by atoms with Crippen molar-refractivity contribution in [2.45, 2.75) is 32.3 Å². The Kier molecular flexibility index (Phi) is 5.95. The number of hydrogen-bond acceptors (Lipinski definition) is 10. The summed E-state index contributed by atoms with van der Waals surface area (Å²) in [7, 11) is -3.98. The maximum absolute atomic E-state index is 12.5. The molecule has 0 aliphatic rings. The second-order valence-electron chi connectivity index (χ2n) is 6.56. The van der Waals surface area contributed by atoms with Gasteiger partial charge in [0.05, 0.1) is 22.5 Å². The summed E-state index contributed by atoms with van der Waals surface area (Å²) in [5, 5.41) is 5.32. The monoisotopic (exact) mass is 448 g/mol. The van der Waals surface area contributed by atoms with Crippen molar-refractivity contribution in [1.29, 1.82) is 0 Å². The summed E-state index contributed by atoms with van der Waals surface area (Å²) in [4.78, 5) is 32.6. The normalized spacial score (nSPS) is 11.5. The number of hydrogen-bond donors (Lipinski definition) is 2. The van der Waals surface area contributed by atoms with Gasteiger partial charge in [-0.3, -0.25) is 0 Å². The average molecular weight is 448 g/mol. The molecule has 0 aliphatic heterocycles. The molecule has 2 heterocycles. The second kappa shape index (κ2) is 8.32. The highest BCUT2D eigenvalue weighted by Crippen LogP contribution is 2.29. The first-order valence-corrected chi connectivity index (χ1v) is 10.6. The summed E-state index contributed by atoms with van der Waals surface area (Å²) >= 11 is 0. The molecule has 3 rings (SSSR count). The van der Waals surface area contributed by atoms with Crippen LogP contribution in [0, 0.1) is 13.8 Å². The quantitative estimate of drug-likeness (QED) is 0.526. The molecule has 31 heavy (non-hydrogen) atoms. The van der Waals surface area contributed by atoms with Gasteiger partial charge >= 0.3 is 11.9 Å². The number of benzene rings is 1. The van der Waals surface area contributed by atoms with Gasteiger partial charge in [-0.15, -0.1) is 0 Å². The topological polar surface area (TPSA) is 178 Å². The minimum absolute atomic E-state index is 0.0269. The number of sulfonamides is 1. The third-order valence-corrected chi connectivity index (χ3v) is 5.28. The van der Waals surface area contributed by atoms with E-state index in [2.05, 4.69) is 9.97 Å². The molecule has 0 aliphatic carbocycles. The van der Waals surface area contributed by atoms with E-state index < -0.39 is 22.0 Å². The van der Waals surface area contributed by atoms with Crippen LogP contribution in [0.5, 0.6) is 0 Å². The van der Waals surface area contributed by atoms with E-state index in [1.165, 1.54) is 12.1 Å². The highest BCUT2D eigenvalue weighted by atomic mass is 32.2. The van der Waals surface area contributed by atoms with Gasteiger partial charge in [0.25, 0.3) is 0 Å². The smallest absolute Gasteiger partial charge is 0.342 e. The van der Waals surface area contributed by atoms with Crippen LogP contribution in [0.15, 0.2) is 27.5 Å². The SMILES string of the molecule is CCOC(=O)c1c(C)oc2nc(COC(=O)c3cc(S(N)(=O)=O)ccc3C)nc(N)c12. The van der Waals surface area contributed by atoms with Crippen molar-refractivity contribution < 1.29 is 31.9 Å². The van der Waals surface area contributed by atoms with Crippen molar-refractivity contribution in [3.05, 3.63) is 46.5 Å². The number of esters is 2. The zero-order chi connectivity index (χ0) is 22.9. The summed E-state index contributed by atoms with van der Waals surface area (Å²) in [6.45, 7) is 4.65. The van der Waals surface area contributed by atoms with Gasteiger partial charge in [0.15, 0.2) is 12.4 Å². The van der Waals surface area contributed by atoms with Crippen molar-refractivity contribution in [3.63, 3.8) is 0 Å². The molecular formula is C19H20N4O7S. The number of fused-ring (bicyclic) bond motifs is 1. The average Bonchev–Trinajstić information content (AvgIpc) is 3.02. The van der Waals surface area contributed by atoms with E-state index in [1.54, 1.807) is 20.8 Å². The van der Waals surface area contributed by atoms with Crippen LogP contribution in [0.25, 0.3) is 11.1 Å². The number of nitrogens with zero attached hydrogens (tertiary/aromatic N) is 2. The number of carbonyl (C=O) groups excluding carboxylic acids is 2. The highest BCUT2D eigenvalue weighted by Gasteiger charge is 2.24. The number of carbonyl (C=O) groups is 2. The van der Waals surface area contributed by atoms with Crippen molar-refractivity contribution in [2.75, 3.05) is 12.3 Å². The molecule has 11 nitrogen and oxygen atoms in total. The first kappa shape index (κ1) is 22.2. The van der Waals surface area contributed by atoms with Gasteiger partial charge in [-0.05, 0) is 38.5 Å². The third-order valence-electron chi connectivity index (χ3n) is 4.37. The van der Waals surface area contributed by atoms with Gasteiger partial charge in [0.2, 0.25) is 15.7 Å². The van der Waals surface area contributed by atoms with Crippen molar-refractivity contribution in [2.24, 2.45) is 5.14 Å². The second-order valence-corrected chi connectivity index (χ2v) is 8.12. The summed E-state index contributed by atoms with van der Waals surface area (Å²) in [5.41, 5.74) is 6.68. The summed E-state index contributed by atoms with van der Waals surface area (Å²) < 4.78 is 38.8. The molecule has 0 amide bonds. The van der Waals surface area contributed by atoms with Crippen LogP contribution in [0.3, 0.4) is 0 Å². The number of furan rings is 1. The lowest BCUT2D eigenvalue weighted by Gasteiger charge is -2.08. The maximum Gasteiger partial charge on any atom is 0.342 e. The number of rotatable bonds is 6. The molecule has 3 aromatic rings. The molecule has 0 spiro atoms. The minimum Gasteiger partial charge on any atom is -0.462 e. The van der Waals surface area contributed by atoms with Gasteiger partial charge in [0.1, 0.15) is 17.1 Å². The number of ether oxygens (including phenoxy) is 2. The molecule has 2 aromatic heterocycles. The summed E-state index contributed by atoms with van der Waals surface area (Å²) in [6, 6.07) is 3.87. The molecule has 0 fully saturated rings. The molecule has 0 radical (unpaired) electrons. The summed E-state index contributed by atoms with van der Waals surface area (Å²) in [5.74, 6) is -1.16. The van der Waals surface area contributed by atoms with Gasteiger partial charge in [-0.25, -0.2) is 28.1 Å². The number of nitrogens with two attached hydrogens (primary N) is 2. The molecule has 0 saturated carbocycles.